The van der Waals surface area contributed by atoms with Crippen molar-refractivity contribution >= 4 is 5.57 Å². The molecule has 0 radical (unpaired) electrons. The smallest absolute Gasteiger partial charge is 0.00983 e. The Morgan fingerprint density at radius 3 is 2.56 bits per heavy atom. The largest absolute Gasteiger partial charge is 0.0757 e. The van der Waals surface area contributed by atoms with Gasteiger partial charge in [-0.25, -0.2) is 0 Å². The average molecular weight is 232 g/mol. The maximum absolute atomic E-state index is 2.45. The SMILES string of the molecule is C1=C2c3ccccc3CCC2c2ccccc2C1. The molecule has 0 saturated heterocycles. The molecule has 0 bridgehead atoms. The molecular formula is C18H16. The quantitative estimate of drug-likeness (QED) is 0.633. The van der Waals surface area contributed by atoms with E-state index in [1.54, 1.807) is 11.1 Å². The Bertz CT molecular complexity index is 634. The summed E-state index contributed by atoms with van der Waals surface area (Å²) in [5.74, 6) is 0.629. The van der Waals surface area contributed by atoms with Gasteiger partial charge in [0.2, 0.25) is 0 Å². The number of benzene rings is 2. The van der Waals surface area contributed by atoms with E-state index in [1.165, 1.54) is 29.5 Å². The molecule has 0 saturated carbocycles. The lowest BCUT2D eigenvalue weighted by molar-refractivity contribution is 0.709. The number of aryl methyl sites for hydroxylation is 1. The molecule has 18 heavy (non-hydrogen) atoms. The third kappa shape index (κ3) is 1.38. The molecule has 2 aliphatic carbocycles. The molecule has 0 amide bonds. The van der Waals surface area contributed by atoms with Crippen LogP contribution in [0.25, 0.3) is 5.57 Å². The van der Waals surface area contributed by atoms with Gasteiger partial charge in [0.15, 0.2) is 0 Å². The molecule has 2 aromatic carbocycles. The fraction of sp³-hybridized carbons (Fsp3) is 0.222. The highest BCUT2D eigenvalue weighted by atomic mass is 14.3. The van der Waals surface area contributed by atoms with Gasteiger partial charge in [0.05, 0.1) is 0 Å². The molecule has 0 spiro atoms. The van der Waals surface area contributed by atoms with E-state index in [0.29, 0.717) is 5.92 Å². The molecule has 0 nitrogen and oxygen atoms in total. The lowest BCUT2D eigenvalue weighted by atomic mass is 9.72. The molecule has 1 atom stereocenters. The zero-order valence-electron chi connectivity index (χ0n) is 10.4. The van der Waals surface area contributed by atoms with Crippen LogP contribution in [0.5, 0.6) is 0 Å². The van der Waals surface area contributed by atoms with Crippen molar-refractivity contribution in [3.8, 4) is 0 Å². The van der Waals surface area contributed by atoms with Crippen molar-refractivity contribution in [3.63, 3.8) is 0 Å². The Hall–Kier alpha value is -1.82. The lowest BCUT2D eigenvalue weighted by Crippen LogP contribution is -2.16. The third-order valence-corrected chi connectivity index (χ3v) is 4.38. The summed E-state index contributed by atoms with van der Waals surface area (Å²) in [5.41, 5.74) is 7.66. The topological polar surface area (TPSA) is 0 Å². The molecule has 0 fully saturated rings. The van der Waals surface area contributed by atoms with Crippen LogP contribution in [0.15, 0.2) is 54.6 Å². The minimum absolute atomic E-state index is 0.629. The molecule has 0 aromatic heterocycles. The summed E-state index contributed by atoms with van der Waals surface area (Å²) in [5, 5.41) is 0. The van der Waals surface area contributed by atoms with E-state index in [1.807, 2.05) is 0 Å². The maximum atomic E-state index is 2.45. The zero-order chi connectivity index (χ0) is 11.9. The number of fused-ring (bicyclic) bond motifs is 5. The van der Waals surface area contributed by atoms with Gasteiger partial charge in [-0.2, -0.15) is 0 Å². The number of hydrogen-bond acceptors (Lipinski definition) is 0. The Labute approximate surface area is 108 Å². The first-order valence-corrected chi connectivity index (χ1v) is 6.79. The monoisotopic (exact) mass is 232 g/mol. The summed E-state index contributed by atoms with van der Waals surface area (Å²) < 4.78 is 0. The van der Waals surface area contributed by atoms with Crippen molar-refractivity contribution in [2.75, 3.05) is 0 Å². The zero-order valence-corrected chi connectivity index (χ0v) is 10.4. The van der Waals surface area contributed by atoms with Crippen LogP contribution in [-0.4, -0.2) is 0 Å². The Morgan fingerprint density at radius 1 is 0.833 bits per heavy atom. The van der Waals surface area contributed by atoms with Gasteiger partial charge in [-0.05, 0) is 47.1 Å². The number of rotatable bonds is 0. The molecule has 2 aliphatic rings. The molecule has 0 heterocycles. The fourth-order valence-electron chi connectivity index (χ4n) is 3.52. The maximum Gasteiger partial charge on any atom is 0.00983 e. The van der Waals surface area contributed by atoms with Gasteiger partial charge >= 0.3 is 0 Å². The van der Waals surface area contributed by atoms with Crippen molar-refractivity contribution < 1.29 is 0 Å². The lowest BCUT2D eigenvalue weighted by Gasteiger charge is -2.32. The molecule has 2 aromatic rings. The van der Waals surface area contributed by atoms with Gasteiger partial charge in [-0.3, -0.25) is 0 Å². The number of allylic oxidation sites excluding steroid dienone is 2. The van der Waals surface area contributed by atoms with Crippen LogP contribution < -0.4 is 0 Å². The second kappa shape index (κ2) is 3.84. The predicted octanol–water partition coefficient (Wildman–Crippen LogP) is 4.36. The fourth-order valence-corrected chi connectivity index (χ4v) is 3.52. The summed E-state index contributed by atoms with van der Waals surface area (Å²) in [4.78, 5) is 0. The van der Waals surface area contributed by atoms with Crippen molar-refractivity contribution in [2.24, 2.45) is 0 Å². The third-order valence-electron chi connectivity index (χ3n) is 4.38. The summed E-state index contributed by atoms with van der Waals surface area (Å²) in [6, 6.07) is 17.9. The van der Waals surface area contributed by atoms with Crippen molar-refractivity contribution in [1.82, 2.24) is 0 Å². The van der Waals surface area contributed by atoms with Crippen LogP contribution in [0, 0.1) is 0 Å². The second-order valence-electron chi connectivity index (χ2n) is 5.31. The van der Waals surface area contributed by atoms with Crippen molar-refractivity contribution in [2.45, 2.75) is 25.2 Å². The Balaban J connectivity index is 1.88. The van der Waals surface area contributed by atoms with E-state index in [0.717, 1.165) is 6.42 Å². The normalized spacial score (nSPS) is 20.4. The van der Waals surface area contributed by atoms with Crippen LogP contribution in [0.4, 0.5) is 0 Å². The molecule has 0 heteroatoms. The van der Waals surface area contributed by atoms with Crippen molar-refractivity contribution in [1.29, 1.82) is 0 Å². The standard InChI is InChI=1S/C18H16/c1-3-7-15-13(5-1)9-11-18-16-8-4-2-6-14(16)10-12-17(15)18/h1-8,11,17H,9-10,12H2. The Kier molecular flexibility index (Phi) is 2.16. The van der Waals surface area contributed by atoms with E-state index in [-0.39, 0.29) is 0 Å². The van der Waals surface area contributed by atoms with Gasteiger partial charge in [-0.1, -0.05) is 54.6 Å². The molecule has 0 N–H and O–H groups in total. The average Bonchev–Trinajstić information content (AvgIpc) is 2.46. The van der Waals surface area contributed by atoms with Crippen LogP contribution in [0.2, 0.25) is 0 Å². The van der Waals surface area contributed by atoms with Crippen LogP contribution in [-0.2, 0) is 12.8 Å². The van der Waals surface area contributed by atoms with E-state index >= 15 is 0 Å². The first-order valence-electron chi connectivity index (χ1n) is 6.79. The predicted molar refractivity (Wildman–Crippen MR) is 75.6 cm³/mol. The number of hydrogen-bond donors (Lipinski definition) is 0. The van der Waals surface area contributed by atoms with Crippen LogP contribution in [0.1, 0.15) is 34.6 Å². The highest BCUT2D eigenvalue weighted by molar-refractivity contribution is 5.77. The molecular weight excluding hydrogens is 216 g/mol. The van der Waals surface area contributed by atoms with E-state index < -0.39 is 0 Å². The molecule has 88 valence electrons. The highest BCUT2D eigenvalue weighted by Gasteiger charge is 2.28. The first kappa shape index (κ1) is 10.1. The van der Waals surface area contributed by atoms with E-state index in [9.17, 15) is 0 Å². The molecule has 0 aliphatic heterocycles. The van der Waals surface area contributed by atoms with E-state index in [2.05, 4.69) is 54.6 Å². The summed E-state index contributed by atoms with van der Waals surface area (Å²) in [6.45, 7) is 0. The highest BCUT2D eigenvalue weighted by Crippen LogP contribution is 2.45. The van der Waals surface area contributed by atoms with Gasteiger partial charge in [0.1, 0.15) is 0 Å². The van der Waals surface area contributed by atoms with Gasteiger partial charge in [0, 0.05) is 5.92 Å². The minimum atomic E-state index is 0.629. The Morgan fingerprint density at radius 2 is 1.61 bits per heavy atom. The summed E-state index contributed by atoms with van der Waals surface area (Å²) >= 11 is 0. The van der Waals surface area contributed by atoms with Gasteiger partial charge in [-0.15, -0.1) is 0 Å². The van der Waals surface area contributed by atoms with Gasteiger partial charge < -0.3 is 0 Å². The van der Waals surface area contributed by atoms with Crippen LogP contribution >= 0.6 is 0 Å². The molecule has 1 unspecified atom stereocenters. The summed E-state index contributed by atoms with van der Waals surface area (Å²) in [6.07, 6.45) is 6.02. The van der Waals surface area contributed by atoms with Crippen molar-refractivity contribution in [3.05, 3.63) is 76.9 Å². The molecule has 4 rings (SSSR count). The van der Waals surface area contributed by atoms with E-state index in [4.69, 9.17) is 0 Å². The first-order chi connectivity index (χ1) is 8.93. The summed E-state index contributed by atoms with van der Waals surface area (Å²) in [7, 11) is 0. The van der Waals surface area contributed by atoms with Gasteiger partial charge in [0.25, 0.3) is 0 Å². The van der Waals surface area contributed by atoms with Crippen LogP contribution in [0.3, 0.4) is 0 Å². The second-order valence-corrected chi connectivity index (χ2v) is 5.31. The minimum Gasteiger partial charge on any atom is -0.0757 e.